The van der Waals surface area contributed by atoms with Gasteiger partial charge in [-0.05, 0) is 139 Å². The maximum atomic E-state index is 5.60. The molecule has 7 nitrogen and oxygen atoms in total. The van der Waals surface area contributed by atoms with Crippen molar-refractivity contribution in [1.29, 1.82) is 0 Å². The smallest absolute Gasteiger partial charge is 0.160 e. The van der Waals surface area contributed by atoms with Gasteiger partial charge in [-0.25, -0.2) is 9.97 Å². The highest BCUT2D eigenvalue weighted by molar-refractivity contribution is 6.16. The van der Waals surface area contributed by atoms with Crippen LogP contribution >= 0.6 is 0 Å². The van der Waals surface area contributed by atoms with Crippen LogP contribution in [0.4, 0.5) is 0 Å². The fourth-order valence-corrected chi connectivity index (χ4v) is 16.4. The molecule has 0 unspecified atom stereocenters. The Balaban J connectivity index is 0.883. The van der Waals surface area contributed by atoms with Gasteiger partial charge in [0.25, 0.3) is 0 Å². The molecular weight excluding hydrogens is 1230 g/mol. The minimum Gasteiger partial charge on any atom is -0.309 e. The Morgan fingerprint density at radius 3 is 0.733 bits per heavy atom. The van der Waals surface area contributed by atoms with E-state index in [2.05, 4.69) is 381 Å². The lowest BCUT2D eigenvalue weighted by molar-refractivity contribution is 1.15. The van der Waals surface area contributed by atoms with Gasteiger partial charge in [-0.15, -0.1) is 0 Å². The predicted octanol–water partition coefficient (Wildman–Crippen LogP) is 24.3. The van der Waals surface area contributed by atoms with Crippen LogP contribution in [0.15, 0.2) is 358 Å². The summed E-state index contributed by atoms with van der Waals surface area (Å²) < 4.78 is 12.3. The number of benzene rings is 15. The van der Waals surface area contributed by atoms with E-state index in [1.807, 2.05) is 0 Å². The van der Waals surface area contributed by atoms with Gasteiger partial charge in [-0.1, -0.05) is 231 Å². The lowest BCUT2D eigenvalue weighted by atomic mass is 9.92. The highest BCUT2D eigenvalue weighted by Gasteiger charge is 2.26. The van der Waals surface area contributed by atoms with Crippen LogP contribution in [0.1, 0.15) is 0 Å². The van der Waals surface area contributed by atoms with Gasteiger partial charge in [-0.2, -0.15) is 0 Å². The lowest BCUT2D eigenvalue weighted by Crippen LogP contribution is -2.04. The van der Waals surface area contributed by atoms with Gasteiger partial charge in [0.1, 0.15) is 0 Å². The third-order valence-corrected chi connectivity index (χ3v) is 20.9. The third-order valence-electron chi connectivity index (χ3n) is 20.9. The molecule has 0 saturated carbocycles. The van der Waals surface area contributed by atoms with Crippen LogP contribution < -0.4 is 0 Å². The first-order chi connectivity index (χ1) is 50.1. The first-order valence-electron chi connectivity index (χ1n) is 34.5. The number of rotatable bonds is 10. The molecule has 0 bridgehead atoms. The van der Waals surface area contributed by atoms with Crippen molar-refractivity contribution in [3.05, 3.63) is 358 Å². The second-order valence-corrected chi connectivity index (χ2v) is 26.4. The zero-order valence-corrected chi connectivity index (χ0v) is 54.7. The van der Waals surface area contributed by atoms with E-state index in [1.165, 1.54) is 43.1 Å². The van der Waals surface area contributed by atoms with Crippen LogP contribution in [-0.2, 0) is 0 Å². The highest BCUT2D eigenvalue weighted by Crippen LogP contribution is 2.47. The Kier molecular flexibility index (Phi) is 12.6. The van der Waals surface area contributed by atoms with Gasteiger partial charge < -0.3 is 22.8 Å². The van der Waals surface area contributed by atoms with Crippen molar-refractivity contribution in [3.8, 4) is 84.6 Å². The number of fused-ring (bicyclic) bond motifs is 15. The molecule has 6 aromatic heterocycles. The van der Waals surface area contributed by atoms with Crippen molar-refractivity contribution in [3.63, 3.8) is 0 Å². The molecule has 0 atom stereocenters. The van der Waals surface area contributed by atoms with Crippen LogP contribution in [0.25, 0.3) is 194 Å². The van der Waals surface area contributed by atoms with Gasteiger partial charge >= 0.3 is 0 Å². The van der Waals surface area contributed by atoms with Crippen LogP contribution in [0.5, 0.6) is 0 Å². The molecule has 470 valence electrons. The molecule has 21 rings (SSSR count). The van der Waals surface area contributed by atoms with Gasteiger partial charge in [0, 0.05) is 104 Å². The molecule has 0 fully saturated rings. The van der Waals surface area contributed by atoms with E-state index in [1.54, 1.807) is 0 Å². The SMILES string of the molecule is c1ccc(-c2cc(-c3ccccc3)nc(-c3cc(-c4ccc(-n5c6ccccc6c6ccccc65)cc4)c(-n4c5ccc(-n6c7ccccc7c7ccccc76)cc5c5cc(-n6c7ccccc7c7ccccc76)ccc54)c(-c4ccc(-n5c6ccccc6c6ccccc65)cc4)c3)n2)cc1. The molecule has 15 aromatic carbocycles. The van der Waals surface area contributed by atoms with Gasteiger partial charge in [0.15, 0.2) is 5.82 Å². The van der Waals surface area contributed by atoms with E-state index in [-0.39, 0.29) is 0 Å². The van der Waals surface area contributed by atoms with E-state index in [9.17, 15) is 0 Å². The summed E-state index contributed by atoms with van der Waals surface area (Å²) in [7, 11) is 0. The van der Waals surface area contributed by atoms with Crippen molar-refractivity contribution in [2.24, 2.45) is 0 Å². The van der Waals surface area contributed by atoms with E-state index in [0.29, 0.717) is 5.82 Å². The standard InChI is InChI=1S/C94H59N7/c1-3-23-62(24-4-1)81-59-82(63-25-5-2-6-26-63)96-94(95-81)64-55-77(60-43-47-65(48-44-60)97-83-35-15-7-27-69(83)70-28-8-16-36-84(70)97)93(78(56-64)61-45-49-66(50-46-61)98-85-37-17-9-29-71(85)72-30-10-18-38-86(72)98)101-91-53-51-67(99-87-39-19-11-31-73(87)74-32-12-20-40-88(74)99)57-79(91)80-58-68(52-54-92(80)101)100-89-41-21-13-33-75(89)76-34-14-22-42-90(76)100/h1-59H. The molecular formula is C94H59N7. The summed E-state index contributed by atoms with van der Waals surface area (Å²) in [6.07, 6.45) is 0. The van der Waals surface area contributed by atoms with Crippen LogP contribution in [0.2, 0.25) is 0 Å². The molecule has 0 N–H and O–H groups in total. The average molecular weight is 1290 g/mol. The molecule has 7 heteroatoms. The summed E-state index contributed by atoms with van der Waals surface area (Å²) >= 11 is 0. The normalized spacial score (nSPS) is 12.0. The lowest BCUT2D eigenvalue weighted by Gasteiger charge is -2.22. The maximum Gasteiger partial charge on any atom is 0.160 e. The van der Waals surface area contributed by atoms with Crippen molar-refractivity contribution in [1.82, 2.24) is 32.8 Å². The summed E-state index contributed by atoms with van der Waals surface area (Å²) in [6.45, 7) is 0. The van der Waals surface area contributed by atoms with E-state index in [4.69, 9.17) is 9.97 Å². The minimum absolute atomic E-state index is 0.622. The number of hydrogen-bond acceptors (Lipinski definition) is 2. The third kappa shape index (κ3) is 8.80. The van der Waals surface area contributed by atoms with E-state index >= 15 is 0 Å². The van der Waals surface area contributed by atoms with E-state index < -0.39 is 0 Å². The fourth-order valence-electron chi connectivity index (χ4n) is 16.4. The fraction of sp³-hybridized carbons (Fsp3) is 0. The highest BCUT2D eigenvalue weighted by atomic mass is 15.0. The average Bonchev–Trinajstić information content (AvgIpc) is 1.60. The number of aromatic nitrogens is 7. The topological polar surface area (TPSA) is 50.4 Å². The Hall–Kier alpha value is -13.6. The van der Waals surface area contributed by atoms with Crippen LogP contribution in [0.3, 0.4) is 0 Å². The largest absolute Gasteiger partial charge is 0.309 e. The molecule has 0 aliphatic heterocycles. The van der Waals surface area contributed by atoms with Gasteiger partial charge in [0.2, 0.25) is 0 Å². The Morgan fingerprint density at radius 1 is 0.168 bits per heavy atom. The minimum atomic E-state index is 0.622. The second kappa shape index (κ2) is 22.5. The summed E-state index contributed by atoms with van der Waals surface area (Å²) in [5.74, 6) is 0.622. The Labute approximate surface area is 580 Å². The maximum absolute atomic E-state index is 5.60. The summed E-state index contributed by atoms with van der Waals surface area (Å²) in [6, 6.07) is 131. The van der Waals surface area contributed by atoms with Crippen molar-refractivity contribution in [2.45, 2.75) is 0 Å². The number of hydrogen-bond donors (Lipinski definition) is 0. The quantitative estimate of drug-likeness (QED) is 0.137. The second-order valence-electron chi connectivity index (χ2n) is 26.4. The van der Waals surface area contributed by atoms with Crippen molar-refractivity contribution in [2.75, 3.05) is 0 Å². The zero-order valence-electron chi connectivity index (χ0n) is 54.7. The van der Waals surface area contributed by atoms with E-state index in [0.717, 1.165) is 145 Å². The molecule has 0 saturated heterocycles. The van der Waals surface area contributed by atoms with Crippen LogP contribution in [-0.4, -0.2) is 32.8 Å². The summed E-state index contributed by atoms with van der Waals surface area (Å²) in [5, 5.41) is 12.0. The summed E-state index contributed by atoms with van der Waals surface area (Å²) in [5.41, 5.74) is 25.4. The van der Waals surface area contributed by atoms with Gasteiger partial charge in [0.05, 0.1) is 72.2 Å². The molecule has 0 aliphatic rings. The van der Waals surface area contributed by atoms with Crippen molar-refractivity contribution < 1.29 is 0 Å². The first kappa shape index (κ1) is 56.5. The number of para-hydroxylation sites is 8. The Morgan fingerprint density at radius 2 is 0.426 bits per heavy atom. The first-order valence-corrected chi connectivity index (χ1v) is 34.5. The Bertz CT molecular complexity index is 6300. The molecule has 21 aromatic rings. The molecule has 101 heavy (non-hydrogen) atoms. The van der Waals surface area contributed by atoms with Crippen molar-refractivity contribution >= 4 is 109 Å². The predicted molar refractivity (Wildman–Crippen MR) is 421 cm³/mol. The molecule has 0 radical (unpaired) electrons. The summed E-state index contributed by atoms with van der Waals surface area (Å²) in [4.78, 5) is 11.2. The molecule has 0 amide bonds. The van der Waals surface area contributed by atoms with Crippen LogP contribution in [0, 0.1) is 0 Å². The van der Waals surface area contributed by atoms with Gasteiger partial charge in [-0.3, -0.25) is 0 Å². The molecule has 0 spiro atoms. The molecule has 6 heterocycles. The zero-order chi connectivity index (χ0) is 66.2. The molecule has 0 aliphatic carbocycles. The number of nitrogens with zero attached hydrogens (tertiary/aromatic N) is 7. The monoisotopic (exact) mass is 1290 g/mol.